The van der Waals surface area contributed by atoms with Gasteiger partial charge in [0.2, 0.25) is 0 Å². The molecule has 0 bridgehead atoms. The summed E-state index contributed by atoms with van der Waals surface area (Å²) in [6.45, 7) is 4.66. The first kappa shape index (κ1) is 12.4. The van der Waals surface area contributed by atoms with Crippen LogP contribution in [0.3, 0.4) is 0 Å². The number of nitrogens with zero attached hydrogens (tertiary/aromatic N) is 1. The molecule has 0 aromatic heterocycles. The Morgan fingerprint density at radius 2 is 2.18 bits per heavy atom. The SMILES string of the molecule is Cc1cccc(OCCN(CCO)C2CC2)c1. The summed E-state index contributed by atoms with van der Waals surface area (Å²) in [6, 6.07) is 8.79. The van der Waals surface area contributed by atoms with Gasteiger partial charge in [0.15, 0.2) is 0 Å². The van der Waals surface area contributed by atoms with Crippen molar-refractivity contribution in [1.82, 2.24) is 4.90 Å². The molecule has 0 aliphatic heterocycles. The van der Waals surface area contributed by atoms with Gasteiger partial charge in [-0.2, -0.15) is 0 Å². The van der Waals surface area contributed by atoms with Crippen LogP contribution < -0.4 is 4.74 Å². The highest BCUT2D eigenvalue weighted by molar-refractivity contribution is 5.27. The molecule has 0 atom stereocenters. The Labute approximate surface area is 103 Å². The van der Waals surface area contributed by atoms with E-state index >= 15 is 0 Å². The zero-order valence-electron chi connectivity index (χ0n) is 10.4. The lowest BCUT2D eigenvalue weighted by Crippen LogP contribution is -2.33. The van der Waals surface area contributed by atoms with Crippen LogP contribution in [-0.2, 0) is 0 Å². The van der Waals surface area contributed by atoms with Gasteiger partial charge in [0.05, 0.1) is 6.61 Å². The smallest absolute Gasteiger partial charge is 0.119 e. The lowest BCUT2D eigenvalue weighted by molar-refractivity contribution is 0.162. The number of rotatable bonds is 7. The highest BCUT2D eigenvalue weighted by Crippen LogP contribution is 2.26. The third-order valence-corrected chi connectivity index (χ3v) is 3.09. The molecule has 1 fully saturated rings. The number of aliphatic hydroxyl groups excluding tert-OH is 1. The van der Waals surface area contributed by atoms with Crippen molar-refractivity contribution < 1.29 is 9.84 Å². The summed E-state index contributed by atoms with van der Waals surface area (Å²) in [5.41, 5.74) is 1.22. The molecule has 0 spiro atoms. The molecule has 1 aliphatic carbocycles. The Morgan fingerprint density at radius 3 is 2.82 bits per heavy atom. The Morgan fingerprint density at radius 1 is 1.35 bits per heavy atom. The van der Waals surface area contributed by atoms with Crippen molar-refractivity contribution in [2.75, 3.05) is 26.3 Å². The molecule has 0 heterocycles. The van der Waals surface area contributed by atoms with Gasteiger partial charge in [-0.3, -0.25) is 4.90 Å². The Balaban J connectivity index is 1.74. The quantitative estimate of drug-likeness (QED) is 0.782. The van der Waals surface area contributed by atoms with Gasteiger partial charge in [0.1, 0.15) is 12.4 Å². The molecular weight excluding hydrogens is 214 g/mol. The summed E-state index contributed by atoms with van der Waals surface area (Å²) in [5.74, 6) is 0.935. The van der Waals surface area contributed by atoms with Gasteiger partial charge in [-0.25, -0.2) is 0 Å². The second-order valence-electron chi connectivity index (χ2n) is 4.66. The standard InChI is InChI=1S/C14H21NO2/c1-12-3-2-4-14(11-12)17-10-8-15(7-9-16)13-5-6-13/h2-4,11,13,16H,5-10H2,1H3. The van der Waals surface area contributed by atoms with Crippen molar-refractivity contribution in [2.24, 2.45) is 0 Å². The van der Waals surface area contributed by atoms with Crippen LogP contribution in [0.5, 0.6) is 5.75 Å². The van der Waals surface area contributed by atoms with Crippen LogP contribution >= 0.6 is 0 Å². The molecule has 0 unspecified atom stereocenters. The number of aryl methyl sites for hydroxylation is 1. The predicted octanol–water partition coefficient (Wildman–Crippen LogP) is 1.83. The molecule has 0 saturated heterocycles. The van der Waals surface area contributed by atoms with Crippen LogP contribution in [0.2, 0.25) is 0 Å². The molecule has 0 radical (unpaired) electrons. The van der Waals surface area contributed by atoms with Gasteiger partial charge in [0, 0.05) is 19.1 Å². The zero-order chi connectivity index (χ0) is 12.1. The first-order chi connectivity index (χ1) is 8.29. The van der Waals surface area contributed by atoms with E-state index in [1.54, 1.807) is 0 Å². The Hall–Kier alpha value is -1.06. The number of ether oxygens (including phenoxy) is 1. The van der Waals surface area contributed by atoms with Crippen LogP contribution in [0.25, 0.3) is 0 Å². The summed E-state index contributed by atoms with van der Waals surface area (Å²) < 4.78 is 5.72. The maximum Gasteiger partial charge on any atom is 0.119 e. The van der Waals surface area contributed by atoms with Crippen molar-refractivity contribution in [3.8, 4) is 5.75 Å². The van der Waals surface area contributed by atoms with Crippen molar-refractivity contribution >= 4 is 0 Å². The van der Waals surface area contributed by atoms with Gasteiger partial charge < -0.3 is 9.84 Å². The summed E-state index contributed by atoms with van der Waals surface area (Å²) in [4.78, 5) is 2.32. The fraction of sp³-hybridized carbons (Fsp3) is 0.571. The molecule has 3 nitrogen and oxygen atoms in total. The highest BCUT2D eigenvalue weighted by Gasteiger charge is 2.28. The molecule has 1 N–H and O–H groups in total. The van der Waals surface area contributed by atoms with Gasteiger partial charge >= 0.3 is 0 Å². The molecular formula is C14H21NO2. The third kappa shape index (κ3) is 4.02. The van der Waals surface area contributed by atoms with Crippen LogP contribution in [0.1, 0.15) is 18.4 Å². The molecule has 1 aliphatic rings. The number of hydrogen-bond acceptors (Lipinski definition) is 3. The number of aliphatic hydroxyl groups is 1. The van der Waals surface area contributed by atoms with E-state index < -0.39 is 0 Å². The molecule has 1 aromatic rings. The van der Waals surface area contributed by atoms with E-state index in [0.29, 0.717) is 12.6 Å². The van der Waals surface area contributed by atoms with Gasteiger partial charge in [-0.15, -0.1) is 0 Å². The maximum atomic E-state index is 8.98. The van der Waals surface area contributed by atoms with Gasteiger partial charge in [0.25, 0.3) is 0 Å². The molecule has 1 aromatic carbocycles. The number of benzene rings is 1. The van der Waals surface area contributed by atoms with Crippen molar-refractivity contribution in [2.45, 2.75) is 25.8 Å². The van der Waals surface area contributed by atoms with Crippen molar-refractivity contribution in [1.29, 1.82) is 0 Å². The average Bonchev–Trinajstić information content (AvgIpc) is 3.12. The van der Waals surface area contributed by atoms with E-state index in [2.05, 4.69) is 17.9 Å². The normalized spacial score (nSPS) is 15.2. The lowest BCUT2D eigenvalue weighted by atomic mass is 10.2. The van der Waals surface area contributed by atoms with Gasteiger partial charge in [-0.1, -0.05) is 12.1 Å². The van der Waals surface area contributed by atoms with Crippen LogP contribution in [0.15, 0.2) is 24.3 Å². The summed E-state index contributed by atoms with van der Waals surface area (Å²) >= 11 is 0. The molecule has 1 saturated carbocycles. The minimum Gasteiger partial charge on any atom is -0.492 e. The first-order valence-electron chi connectivity index (χ1n) is 6.34. The second kappa shape index (κ2) is 6.03. The second-order valence-corrected chi connectivity index (χ2v) is 4.66. The van der Waals surface area contributed by atoms with Crippen molar-refractivity contribution in [3.63, 3.8) is 0 Å². The maximum absolute atomic E-state index is 8.98. The van der Waals surface area contributed by atoms with E-state index in [1.165, 1.54) is 18.4 Å². The minimum absolute atomic E-state index is 0.237. The Kier molecular flexibility index (Phi) is 4.40. The fourth-order valence-electron chi connectivity index (χ4n) is 2.03. The molecule has 2 rings (SSSR count). The first-order valence-corrected chi connectivity index (χ1v) is 6.34. The lowest BCUT2D eigenvalue weighted by Gasteiger charge is -2.20. The minimum atomic E-state index is 0.237. The third-order valence-electron chi connectivity index (χ3n) is 3.09. The molecule has 17 heavy (non-hydrogen) atoms. The zero-order valence-corrected chi connectivity index (χ0v) is 10.4. The topological polar surface area (TPSA) is 32.7 Å². The molecule has 94 valence electrons. The summed E-state index contributed by atoms with van der Waals surface area (Å²) in [7, 11) is 0. The van der Waals surface area contributed by atoms with E-state index in [4.69, 9.17) is 9.84 Å². The largest absolute Gasteiger partial charge is 0.492 e. The summed E-state index contributed by atoms with van der Waals surface area (Å²) in [5, 5.41) is 8.98. The van der Waals surface area contributed by atoms with E-state index in [-0.39, 0.29) is 6.61 Å². The van der Waals surface area contributed by atoms with Crippen molar-refractivity contribution in [3.05, 3.63) is 29.8 Å². The fourth-order valence-corrected chi connectivity index (χ4v) is 2.03. The summed E-state index contributed by atoms with van der Waals surface area (Å²) in [6.07, 6.45) is 2.54. The predicted molar refractivity (Wildman–Crippen MR) is 68.4 cm³/mol. The monoisotopic (exact) mass is 235 g/mol. The van der Waals surface area contributed by atoms with E-state index in [9.17, 15) is 0 Å². The molecule has 3 heteroatoms. The van der Waals surface area contributed by atoms with E-state index in [0.717, 1.165) is 18.8 Å². The Bertz CT molecular complexity index is 350. The van der Waals surface area contributed by atoms with Gasteiger partial charge in [-0.05, 0) is 37.5 Å². The average molecular weight is 235 g/mol. The highest BCUT2D eigenvalue weighted by atomic mass is 16.5. The number of hydrogen-bond donors (Lipinski definition) is 1. The van der Waals surface area contributed by atoms with Crippen LogP contribution in [0.4, 0.5) is 0 Å². The molecule has 0 amide bonds. The van der Waals surface area contributed by atoms with Crippen LogP contribution in [-0.4, -0.2) is 42.4 Å². The van der Waals surface area contributed by atoms with E-state index in [1.807, 2.05) is 18.2 Å². The van der Waals surface area contributed by atoms with Crippen LogP contribution in [0, 0.1) is 6.92 Å².